The van der Waals surface area contributed by atoms with Gasteiger partial charge in [0.15, 0.2) is 0 Å². The zero-order valence-electron chi connectivity index (χ0n) is 14.8. The first-order valence-electron chi connectivity index (χ1n) is 8.57. The number of aliphatic carboxylic acids is 1. The van der Waals surface area contributed by atoms with E-state index in [0.717, 1.165) is 18.6 Å². The van der Waals surface area contributed by atoms with Crippen LogP contribution in [0.5, 0.6) is 0 Å². The van der Waals surface area contributed by atoms with E-state index in [1.807, 2.05) is 0 Å². The van der Waals surface area contributed by atoms with E-state index < -0.39 is 29.5 Å². The highest BCUT2D eigenvalue weighted by Gasteiger charge is 2.33. The molecule has 6 nitrogen and oxygen atoms in total. The van der Waals surface area contributed by atoms with Crippen LogP contribution in [0.3, 0.4) is 0 Å². The molecule has 1 saturated heterocycles. The molecule has 0 aliphatic carbocycles. The number of amides is 2. The van der Waals surface area contributed by atoms with Crippen molar-refractivity contribution in [3.8, 4) is 0 Å². The Kier molecular flexibility index (Phi) is 6.45. The molecule has 2 rings (SSSR count). The number of piperidine rings is 1. The summed E-state index contributed by atoms with van der Waals surface area (Å²) in [5.41, 5.74) is -1.27. The number of hydrogen-bond donors (Lipinski definition) is 2. The molecule has 0 spiro atoms. The Hall–Kier alpha value is -2.58. The van der Waals surface area contributed by atoms with Gasteiger partial charge >= 0.3 is 12.1 Å². The van der Waals surface area contributed by atoms with Crippen LogP contribution in [0, 0.1) is 5.92 Å². The van der Waals surface area contributed by atoms with Gasteiger partial charge in [0.1, 0.15) is 0 Å². The molecule has 1 aliphatic heterocycles. The lowest BCUT2D eigenvalue weighted by Gasteiger charge is -2.33. The smallest absolute Gasteiger partial charge is 0.416 e. The maximum absolute atomic E-state index is 13.1. The average Bonchev–Trinajstić information content (AvgIpc) is 2.58. The molecule has 0 saturated carbocycles. The fraction of sp³-hybridized carbons (Fsp3) is 0.500. The molecule has 1 fully saturated rings. The Morgan fingerprint density at radius 1 is 1.26 bits per heavy atom. The van der Waals surface area contributed by atoms with E-state index in [0.29, 0.717) is 25.9 Å². The number of nitrogens with one attached hydrogen (secondary N) is 1. The largest absolute Gasteiger partial charge is 0.481 e. The highest BCUT2D eigenvalue weighted by atomic mass is 19.4. The van der Waals surface area contributed by atoms with Crippen LogP contribution >= 0.6 is 0 Å². The quantitative estimate of drug-likeness (QED) is 0.812. The van der Waals surface area contributed by atoms with Gasteiger partial charge in [0.2, 0.25) is 5.91 Å². The predicted octanol–water partition coefficient (Wildman–Crippen LogP) is 3.38. The third-order valence-corrected chi connectivity index (χ3v) is 4.40. The van der Waals surface area contributed by atoms with Crippen molar-refractivity contribution in [2.24, 2.45) is 5.92 Å². The molecule has 1 aromatic rings. The lowest BCUT2D eigenvalue weighted by Crippen LogP contribution is -2.40. The van der Waals surface area contributed by atoms with Gasteiger partial charge in [-0.05, 0) is 43.4 Å². The maximum atomic E-state index is 13.1. The van der Waals surface area contributed by atoms with Gasteiger partial charge in [-0.3, -0.25) is 14.4 Å². The van der Waals surface area contributed by atoms with E-state index in [-0.39, 0.29) is 23.6 Å². The Morgan fingerprint density at radius 3 is 2.56 bits per heavy atom. The molecular weight excluding hydrogens is 365 g/mol. The Morgan fingerprint density at radius 2 is 1.96 bits per heavy atom. The van der Waals surface area contributed by atoms with E-state index in [9.17, 15) is 27.6 Å². The number of benzene rings is 1. The molecule has 1 unspecified atom stereocenters. The normalized spacial score (nSPS) is 17.5. The van der Waals surface area contributed by atoms with Crippen molar-refractivity contribution < 1.29 is 32.7 Å². The molecule has 0 bridgehead atoms. The van der Waals surface area contributed by atoms with Crippen LogP contribution < -0.4 is 5.32 Å². The first-order valence-corrected chi connectivity index (χ1v) is 8.57. The molecule has 2 amide bonds. The van der Waals surface area contributed by atoms with Gasteiger partial charge in [0.05, 0.1) is 5.56 Å². The Balaban J connectivity index is 2.23. The van der Waals surface area contributed by atoms with Crippen molar-refractivity contribution in [1.29, 1.82) is 0 Å². The third kappa shape index (κ3) is 5.97. The van der Waals surface area contributed by atoms with Crippen molar-refractivity contribution >= 4 is 23.5 Å². The number of carboxylic acid groups (broad SMARTS) is 1. The molecule has 1 atom stereocenters. The highest BCUT2D eigenvalue weighted by molar-refractivity contribution is 5.97. The summed E-state index contributed by atoms with van der Waals surface area (Å²) in [5.74, 6) is -2.03. The van der Waals surface area contributed by atoms with Crippen molar-refractivity contribution in [3.05, 3.63) is 29.3 Å². The zero-order valence-corrected chi connectivity index (χ0v) is 14.8. The summed E-state index contributed by atoms with van der Waals surface area (Å²) in [6, 6.07) is 2.78. The highest BCUT2D eigenvalue weighted by Crippen LogP contribution is 2.33. The van der Waals surface area contributed by atoms with E-state index in [4.69, 9.17) is 5.11 Å². The molecule has 9 heteroatoms. The van der Waals surface area contributed by atoms with Gasteiger partial charge in [-0.15, -0.1) is 0 Å². The van der Waals surface area contributed by atoms with Gasteiger partial charge in [0.25, 0.3) is 5.91 Å². The number of nitrogens with zero attached hydrogens (tertiary/aromatic N) is 1. The minimum Gasteiger partial charge on any atom is -0.481 e. The van der Waals surface area contributed by atoms with Crippen LogP contribution in [0.15, 0.2) is 18.2 Å². The monoisotopic (exact) mass is 386 g/mol. The van der Waals surface area contributed by atoms with Crippen LogP contribution in [-0.2, 0) is 15.8 Å². The average molecular weight is 386 g/mol. The number of rotatable bonds is 5. The molecule has 2 N–H and O–H groups in total. The Bertz CT molecular complexity index is 734. The van der Waals surface area contributed by atoms with Gasteiger partial charge in [-0.25, -0.2) is 0 Å². The summed E-state index contributed by atoms with van der Waals surface area (Å²) in [7, 11) is 0. The van der Waals surface area contributed by atoms with Crippen LogP contribution in [-0.4, -0.2) is 40.9 Å². The summed E-state index contributed by atoms with van der Waals surface area (Å²) in [6.45, 7) is 1.87. The summed E-state index contributed by atoms with van der Waals surface area (Å²) < 4.78 is 39.4. The molecule has 0 aromatic heterocycles. The second-order valence-corrected chi connectivity index (χ2v) is 6.67. The number of alkyl halides is 3. The lowest BCUT2D eigenvalue weighted by atomic mass is 9.93. The molecule has 1 aromatic carbocycles. The first-order chi connectivity index (χ1) is 12.6. The first kappa shape index (κ1) is 20.7. The summed E-state index contributed by atoms with van der Waals surface area (Å²) in [4.78, 5) is 36.1. The molecule has 1 aliphatic rings. The number of carboxylic acids is 1. The summed E-state index contributed by atoms with van der Waals surface area (Å²) in [6.07, 6.45) is -2.82. The number of hydrogen-bond acceptors (Lipinski definition) is 3. The second kappa shape index (κ2) is 8.41. The maximum Gasteiger partial charge on any atom is 0.416 e. The van der Waals surface area contributed by atoms with Crippen LogP contribution in [0.2, 0.25) is 0 Å². The second-order valence-electron chi connectivity index (χ2n) is 6.67. The lowest BCUT2D eigenvalue weighted by molar-refractivity contribution is -0.138. The van der Waals surface area contributed by atoms with Crippen LogP contribution in [0.1, 0.15) is 48.5 Å². The minimum absolute atomic E-state index is 0.000543. The van der Waals surface area contributed by atoms with Gasteiger partial charge < -0.3 is 15.3 Å². The van der Waals surface area contributed by atoms with E-state index in [2.05, 4.69) is 5.32 Å². The fourth-order valence-electron chi connectivity index (χ4n) is 3.19. The molecule has 0 radical (unpaired) electrons. The third-order valence-electron chi connectivity index (χ3n) is 4.40. The number of carbonyl (C=O) groups is 3. The summed E-state index contributed by atoms with van der Waals surface area (Å²) >= 11 is 0. The SMILES string of the molecule is CC(=O)Nc1cc(C(=O)N2CCCC(CCC(=O)O)C2)cc(C(F)(F)F)c1. The Labute approximate surface area is 154 Å². The number of carbonyl (C=O) groups excluding carboxylic acids is 2. The van der Waals surface area contributed by atoms with Gasteiger partial charge in [-0.2, -0.15) is 13.2 Å². The van der Waals surface area contributed by atoms with Crippen LogP contribution in [0.4, 0.5) is 18.9 Å². The van der Waals surface area contributed by atoms with E-state index in [1.165, 1.54) is 17.9 Å². The van der Waals surface area contributed by atoms with Crippen molar-refractivity contribution in [3.63, 3.8) is 0 Å². The zero-order chi connectivity index (χ0) is 20.2. The van der Waals surface area contributed by atoms with E-state index >= 15 is 0 Å². The molecule has 1 heterocycles. The predicted molar refractivity (Wildman–Crippen MR) is 91.2 cm³/mol. The number of anilines is 1. The van der Waals surface area contributed by atoms with Gasteiger partial charge in [0, 0.05) is 37.7 Å². The molecule has 27 heavy (non-hydrogen) atoms. The number of halogens is 3. The molecule has 148 valence electrons. The van der Waals surface area contributed by atoms with Crippen molar-refractivity contribution in [1.82, 2.24) is 4.90 Å². The number of likely N-dealkylation sites (tertiary alicyclic amines) is 1. The topological polar surface area (TPSA) is 86.7 Å². The summed E-state index contributed by atoms with van der Waals surface area (Å²) in [5, 5.41) is 11.1. The van der Waals surface area contributed by atoms with Crippen LogP contribution in [0.25, 0.3) is 0 Å². The standard InChI is InChI=1S/C18H21F3N2O4/c1-11(24)22-15-8-13(7-14(9-15)18(19,20)21)17(27)23-6-2-3-12(10-23)4-5-16(25)26/h7-9,12H,2-6,10H2,1H3,(H,22,24)(H,25,26). The van der Waals surface area contributed by atoms with E-state index in [1.54, 1.807) is 0 Å². The van der Waals surface area contributed by atoms with Gasteiger partial charge in [-0.1, -0.05) is 0 Å². The van der Waals surface area contributed by atoms with Crippen molar-refractivity contribution in [2.45, 2.75) is 38.8 Å². The fourth-order valence-corrected chi connectivity index (χ4v) is 3.19. The van der Waals surface area contributed by atoms with Crippen molar-refractivity contribution in [2.75, 3.05) is 18.4 Å². The minimum atomic E-state index is -4.66. The molecular formula is C18H21F3N2O4.